The van der Waals surface area contributed by atoms with Crippen molar-refractivity contribution < 1.29 is 22.9 Å². The maximum Gasteiger partial charge on any atom is 0.404 e. The van der Waals surface area contributed by atoms with Gasteiger partial charge in [0.05, 0.1) is 9.82 Å². The summed E-state index contributed by atoms with van der Waals surface area (Å²) in [7, 11) is -3.79. The summed E-state index contributed by atoms with van der Waals surface area (Å²) >= 11 is 0. The molecule has 0 spiro atoms. The molecule has 26 heavy (non-hydrogen) atoms. The number of carbonyl (C=O) groups is 1. The Morgan fingerprint density at radius 1 is 1.50 bits per heavy atom. The third kappa shape index (κ3) is 4.82. The third-order valence-corrected chi connectivity index (χ3v) is 5.95. The molecule has 0 saturated carbocycles. The van der Waals surface area contributed by atoms with Crippen LogP contribution in [0.2, 0.25) is 0 Å². The number of carbonyl (C=O) groups excluding carboxylic acids is 1. The van der Waals surface area contributed by atoms with Gasteiger partial charge in [-0.05, 0) is 30.9 Å². The summed E-state index contributed by atoms with van der Waals surface area (Å²) in [6, 6.07) is 3.72. The topological polar surface area (TPSA) is 145 Å². The molecule has 1 saturated heterocycles. The lowest BCUT2D eigenvalue weighted by Crippen LogP contribution is -2.39. The molecule has 1 aliphatic rings. The number of ether oxygens (including phenoxy) is 1. The van der Waals surface area contributed by atoms with E-state index in [0.717, 1.165) is 18.9 Å². The number of benzene rings is 1. The molecule has 1 aromatic rings. The molecular weight excluding hydrogens is 364 g/mol. The molecule has 1 fully saturated rings. The first-order valence-corrected chi connectivity index (χ1v) is 9.60. The predicted molar refractivity (Wildman–Crippen MR) is 94.3 cm³/mol. The monoisotopic (exact) mass is 386 g/mol. The molecule has 144 valence electrons. The normalized spacial score (nSPS) is 18.3. The molecule has 0 radical (unpaired) electrons. The first kappa shape index (κ1) is 19.9. The van der Waals surface area contributed by atoms with Gasteiger partial charge in [-0.15, -0.1) is 0 Å². The summed E-state index contributed by atoms with van der Waals surface area (Å²) in [6.07, 6.45) is 0.781. The minimum Gasteiger partial charge on any atom is -0.448 e. The van der Waals surface area contributed by atoms with Crippen LogP contribution < -0.4 is 11.1 Å². The number of hydrogen-bond donors (Lipinski definition) is 2. The number of primary amides is 1. The standard InChI is InChI=1S/C15H22N4O6S/c1-11-3-2-7-18(10-11)26(23,24)12-4-5-13(14(9-12)19(21)22)17-6-8-25-15(16)20/h4-5,9,11,17H,2-3,6-8,10H2,1H3,(H2,16,20)/t11-/m0/s1. The van der Waals surface area contributed by atoms with E-state index in [1.165, 1.54) is 16.4 Å². The van der Waals surface area contributed by atoms with Crippen molar-refractivity contribution in [2.24, 2.45) is 11.7 Å². The van der Waals surface area contributed by atoms with Crippen LogP contribution in [0.1, 0.15) is 19.8 Å². The molecule has 0 aromatic heterocycles. The van der Waals surface area contributed by atoms with Crippen LogP contribution in [0, 0.1) is 16.0 Å². The predicted octanol–water partition coefficient (Wildman–Crippen LogP) is 1.52. The largest absolute Gasteiger partial charge is 0.448 e. The van der Waals surface area contributed by atoms with Crippen molar-refractivity contribution in [2.45, 2.75) is 24.7 Å². The SMILES string of the molecule is C[C@H]1CCCN(S(=O)(=O)c2ccc(NCCOC(N)=O)c([N+](=O)[O-])c2)C1. The smallest absolute Gasteiger partial charge is 0.404 e. The highest BCUT2D eigenvalue weighted by Crippen LogP contribution is 2.30. The Kier molecular flexibility index (Phi) is 6.37. The van der Waals surface area contributed by atoms with Gasteiger partial charge in [-0.2, -0.15) is 4.31 Å². The Bertz CT molecular complexity index is 782. The van der Waals surface area contributed by atoms with Crippen LogP contribution in [0.3, 0.4) is 0 Å². The zero-order valence-electron chi connectivity index (χ0n) is 14.4. The van der Waals surface area contributed by atoms with E-state index in [1.54, 1.807) is 0 Å². The van der Waals surface area contributed by atoms with Crippen molar-refractivity contribution in [2.75, 3.05) is 31.6 Å². The molecule has 3 N–H and O–H groups in total. The Hall–Kier alpha value is -2.40. The summed E-state index contributed by atoms with van der Waals surface area (Å²) in [5, 5.41) is 14.1. The number of sulfonamides is 1. The molecule has 11 heteroatoms. The number of nitro benzene ring substituents is 1. The molecular formula is C15H22N4O6S. The molecule has 10 nitrogen and oxygen atoms in total. The molecule has 0 aliphatic carbocycles. The number of nitrogens with zero attached hydrogens (tertiary/aromatic N) is 2. The summed E-state index contributed by atoms with van der Waals surface area (Å²) in [5.41, 5.74) is 4.60. The molecule has 1 aromatic carbocycles. The fourth-order valence-corrected chi connectivity index (χ4v) is 4.44. The van der Waals surface area contributed by atoms with E-state index in [1.807, 2.05) is 6.92 Å². The van der Waals surface area contributed by atoms with Gasteiger partial charge in [0.15, 0.2) is 0 Å². The highest BCUT2D eigenvalue weighted by Gasteiger charge is 2.30. The lowest BCUT2D eigenvalue weighted by molar-refractivity contribution is -0.384. The first-order valence-electron chi connectivity index (χ1n) is 8.16. The van der Waals surface area contributed by atoms with E-state index < -0.39 is 21.0 Å². The molecule has 1 aliphatic heterocycles. The Morgan fingerprint density at radius 2 is 2.23 bits per heavy atom. The summed E-state index contributed by atoms with van der Waals surface area (Å²) in [6.45, 7) is 2.81. The van der Waals surface area contributed by atoms with Gasteiger partial charge in [-0.1, -0.05) is 6.92 Å². The Labute approximate surface area is 151 Å². The lowest BCUT2D eigenvalue weighted by atomic mass is 10.0. The maximum atomic E-state index is 12.8. The van der Waals surface area contributed by atoms with E-state index >= 15 is 0 Å². The highest BCUT2D eigenvalue weighted by atomic mass is 32.2. The fraction of sp³-hybridized carbons (Fsp3) is 0.533. The third-order valence-electron chi connectivity index (χ3n) is 4.09. The van der Waals surface area contributed by atoms with E-state index in [-0.39, 0.29) is 35.3 Å². The lowest BCUT2D eigenvalue weighted by Gasteiger charge is -2.30. The van der Waals surface area contributed by atoms with Crippen molar-refractivity contribution in [3.05, 3.63) is 28.3 Å². The number of nitrogens with one attached hydrogen (secondary N) is 1. The number of anilines is 1. The van der Waals surface area contributed by atoms with Crippen LogP contribution in [0.15, 0.2) is 23.1 Å². The quantitative estimate of drug-likeness (QED) is 0.410. The van der Waals surface area contributed by atoms with Crippen molar-refractivity contribution >= 4 is 27.5 Å². The highest BCUT2D eigenvalue weighted by molar-refractivity contribution is 7.89. The summed E-state index contributed by atoms with van der Waals surface area (Å²) < 4.78 is 31.4. The van der Waals surface area contributed by atoms with Crippen molar-refractivity contribution in [1.82, 2.24) is 4.31 Å². The van der Waals surface area contributed by atoms with Gasteiger partial charge in [-0.3, -0.25) is 10.1 Å². The van der Waals surface area contributed by atoms with Crippen molar-refractivity contribution in [3.8, 4) is 0 Å². The van der Waals surface area contributed by atoms with E-state index in [2.05, 4.69) is 10.1 Å². The number of amides is 1. The number of rotatable bonds is 7. The number of hydrogen-bond acceptors (Lipinski definition) is 7. The molecule has 1 amide bonds. The number of nitrogens with two attached hydrogens (primary N) is 1. The van der Waals surface area contributed by atoms with Crippen molar-refractivity contribution in [3.63, 3.8) is 0 Å². The van der Waals surface area contributed by atoms with E-state index in [4.69, 9.17) is 5.73 Å². The summed E-state index contributed by atoms with van der Waals surface area (Å²) in [5.74, 6) is 0.250. The minimum absolute atomic E-state index is 0.0712. The zero-order valence-corrected chi connectivity index (χ0v) is 15.2. The van der Waals surface area contributed by atoms with E-state index in [0.29, 0.717) is 13.1 Å². The van der Waals surface area contributed by atoms with Gasteiger partial charge in [-0.25, -0.2) is 13.2 Å². The molecule has 1 atom stereocenters. The molecule has 2 rings (SSSR count). The van der Waals surface area contributed by atoms with Crippen LogP contribution in [0.5, 0.6) is 0 Å². The van der Waals surface area contributed by atoms with Gasteiger partial charge < -0.3 is 15.8 Å². The average Bonchev–Trinajstić information content (AvgIpc) is 2.58. The van der Waals surface area contributed by atoms with Gasteiger partial charge in [0.25, 0.3) is 5.69 Å². The van der Waals surface area contributed by atoms with Crippen molar-refractivity contribution in [1.29, 1.82) is 0 Å². The van der Waals surface area contributed by atoms with Crippen LogP contribution >= 0.6 is 0 Å². The van der Waals surface area contributed by atoms with Crippen LogP contribution in [-0.4, -0.2) is 50.0 Å². The second kappa shape index (κ2) is 8.32. The van der Waals surface area contributed by atoms with E-state index in [9.17, 15) is 23.3 Å². The van der Waals surface area contributed by atoms with Gasteiger partial charge in [0, 0.05) is 25.7 Å². The molecule has 0 bridgehead atoms. The maximum absolute atomic E-state index is 12.8. The number of nitro groups is 1. The second-order valence-electron chi connectivity index (χ2n) is 6.14. The second-order valence-corrected chi connectivity index (χ2v) is 8.08. The average molecular weight is 386 g/mol. The van der Waals surface area contributed by atoms with Gasteiger partial charge >= 0.3 is 6.09 Å². The zero-order chi connectivity index (χ0) is 19.3. The van der Waals surface area contributed by atoms with Crippen LogP contribution in [0.25, 0.3) is 0 Å². The van der Waals surface area contributed by atoms with Gasteiger partial charge in [0.2, 0.25) is 10.0 Å². The summed E-state index contributed by atoms with van der Waals surface area (Å²) in [4.78, 5) is 21.1. The van der Waals surface area contributed by atoms with Crippen LogP contribution in [-0.2, 0) is 14.8 Å². The van der Waals surface area contributed by atoms with Crippen LogP contribution in [0.4, 0.5) is 16.2 Å². The minimum atomic E-state index is -3.79. The number of piperidine rings is 1. The fourth-order valence-electron chi connectivity index (χ4n) is 2.82. The molecule has 1 heterocycles. The Balaban J connectivity index is 2.21. The Morgan fingerprint density at radius 3 is 2.85 bits per heavy atom. The molecule has 0 unspecified atom stereocenters. The van der Waals surface area contributed by atoms with Gasteiger partial charge in [0.1, 0.15) is 12.3 Å². The first-order chi connectivity index (χ1) is 12.2.